The van der Waals surface area contributed by atoms with Crippen molar-refractivity contribution < 1.29 is 0 Å². The normalized spacial score (nSPS) is 13.1. The molecule has 0 saturated carbocycles. The minimum absolute atomic E-state index is 0.449. The van der Waals surface area contributed by atoms with E-state index in [-0.39, 0.29) is 0 Å². The molecule has 0 spiro atoms. The molecular weight excluding hydrogens is 230 g/mol. The van der Waals surface area contributed by atoms with E-state index in [1.165, 1.54) is 4.88 Å². The largest absolute Gasteiger partial charge is 0.349 e. The Labute approximate surface area is 106 Å². The van der Waals surface area contributed by atoms with Gasteiger partial charge in [-0.3, -0.25) is 0 Å². The third kappa shape index (κ3) is 3.41. The predicted octanol–water partition coefficient (Wildman–Crippen LogP) is 3.00. The third-order valence-corrected chi connectivity index (χ3v) is 3.75. The fraction of sp³-hybridized carbons (Fsp3) is 0.462. The Kier molecular flexibility index (Phi) is 4.34. The van der Waals surface area contributed by atoms with Crippen molar-refractivity contribution in [3.05, 3.63) is 40.6 Å². The van der Waals surface area contributed by atoms with Gasteiger partial charge in [-0.2, -0.15) is 0 Å². The zero-order valence-electron chi connectivity index (χ0n) is 10.3. The van der Waals surface area contributed by atoms with E-state index in [1.807, 2.05) is 17.5 Å². The molecule has 2 N–H and O–H groups in total. The van der Waals surface area contributed by atoms with Crippen LogP contribution in [0.15, 0.2) is 29.9 Å². The smallest absolute Gasteiger partial charge is 0.107 e. The molecule has 1 unspecified atom stereocenters. The van der Waals surface area contributed by atoms with E-state index in [1.54, 1.807) is 6.20 Å². The lowest BCUT2D eigenvalue weighted by Gasteiger charge is -2.21. The lowest BCUT2D eigenvalue weighted by Crippen LogP contribution is -2.27. The van der Waals surface area contributed by atoms with Crippen LogP contribution >= 0.6 is 11.3 Å². The van der Waals surface area contributed by atoms with Crippen LogP contribution in [-0.2, 0) is 6.42 Å². The summed E-state index contributed by atoms with van der Waals surface area (Å²) in [6.45, 7) is 5.46. The maximum Gasteiger partial charge on any atom is 0.107 e. The first-order chi connectivity index (χ1) is 8.27. The number of hydrogen-bond donors (Lipinski definition) is 2. The molecule has 2 aromatic heterocycles. The quantitative estimate of drug-likeness (QED) is 0.826. The molecule has 92 valence electrons. The molecule has 0 radical (unpaired) electrons. The molecule has 0 aliphatic heterocycles. The summed E-state index contributed by atoms with van der Waals surface area (Å²) < 4.78 is 0. The third-order valence-electron chi connectivity index (χ3n) is 2.80. The first-order valence-electron chi connectivity index (χ1n) is 6.02. The van der Waals surface area contributed by atoms with Crippen molar-refractivity contribution in [2.75, 3.05) is 6.54 Å². The van der Waals surface area contributed by atoms with Gasteiger partial charge in [0.2, 0.25) is 0 Å². The predicted molar refractivity (Wildman–Crippen MR) is 72.2 cm³/mol. The number of nitrogens with zero attached hydrogens (tertiary/aromatic N) is 1. The first kappa shape index (κ1) is 12.3. The van der Waals surface area contributed by atoms with Gasteiger partial charge in [-0.05, 0) is 17.4 Å². The Morgan fingerprint density at radius 1 is 1.47 bits per heavy atom. The van der Waals surface area contributed by atoms with Gasteiger partial charge in [0.25, 0.3) is 0 Å². The molecule has 3 nitrogen and oxygen atoms in total. The van der Waals surface area contributed by atoms with E-state index in [9.17, 15) is 0 Å². The van der Waals surface area contributed by atoms with Crippen molar-refractivity contribution in [2.45, 2.75) is 26.3 Å². The van der Waals surface area contributed by atoms with E-state index in [0.717, 1.165) is 18.8 Å². The number of rotatable bonds is 6. The van der Waals surface area contributed by atoms with Crippen LogP contribution in [0.2, 0.25) is 0 Å². The highest BCUT2D eigenvalue weighted by Crippen LogP contribution is 2.25. The number of H-pyrrole nitrogens is 1. The Balaban J connectivity index is 1.86. The fourth-order valence-electron chi connectivity index (χ4n) is 1.91. The lowest BCUT2D eigenvalue weighted by atomic mass is 10.0. The number of aromatic nitrogens is 2. The van der Waals surface area contributed by atoms with Gasteiger partial charge in [-0.15, -0.1) is 11.3 Å². The molecule has 0 aromatic carbocycles. The van der Waals surface area contributed by atoms with Gasteiger partial charge >= 0.3 is 0 Å². The number of imidazole rings is 1. The Bertz CT molecular complexity index is 406. The van der Waals surface area contributed by atoms with Gasteiger partial charge in [-0.1, -0.05) is 19.9 Å². The summed E-state index contributed by atoms with van der Waals surface area (Å²) in [4.78, 5) is 8.77. The van der Waals surface area contributed by atoms with Crippen LogP contribution in [-0.4, -0.2) is 16.5 Å². The van der Waals surface area contributed by atoms with Gasteiger partial charge in [0, 0.05) is 36.3 Å². The Hall–Kier alpha value is -1.13. The van der Waals surface area contributed by atoms with Crippen molar-refractivity contribution in [3.8, 4) is 0 Å². The van der Waals surface area contributed by atoms with Gasteiger partial charge in [-0.25, -0.2) is 4.98 Å². The maximum absolute atomic E-state index is 4.23. The molecule has 17 heavy (non-hydrogen) atoms. The number of nitrogens with one attached hydrogen (secondary N) is 2. The van der Waals surface area contributed by atoms with E-state index in [2.05, 4.69) is 46.6 Å². The molecule has 0 bridgehead atoms. The van der Waals surface area contributed by atoms with Gasteiger partial charge in [0.1, 0.15) is 5.82 Å². The van der Waals surface area contributed by atoms with Crippen LogP contribution < -0.4 is 5.32 Å². The molecule has 0 saturated heterocycles. The zero-order valence-corrected chi connectivity index (χ0v) is 11.1. The van der Waals surface area contributed by atoms with Crippen molar-refractivity contribution >= 4 is 11.3 Å². The molecule has 2 rings (SSSR count). The standard InChI is InChI=1S/C13H19N3S/c1-10(2)13(11-4-3-9-17-11)16-6-5-12-14-7-8-15-12/h3-4,7-10,13,16H,5-6H2,1-2H3,(H,14,15). The summed E-state index contributed by atoms with van der Waals surface area (Å²) in [5.74, 6) is 1.65. The summed E-state index contributed by atoms with van der Waals surface area (Å²) in [6, 6.07) is 4.77. The van der Waals surface area contributed by atoms with Crippen molar-refractivity contribution in [1.82, 2.24) is 15.3 Å². The van der Waals surface area contributed by atoms with Gasteiger partial charge in [0.05, 0.1) is 0 Å². The average molecular weight is 249 g/mol. The maximum atomic E-state index is 4.23. The highest BCUT2D eigenvalue weighted by Gasteiger charge is 2.15. The second-order valence-electron chi connectivity index (χ2n) is 4.48. The van der Waals surface area contributed by atoms with E-state index < -0.39 is 0 Å². The lowest BCUT2D eigenvalue weighted by molar-refractivity contribution is 0.419. The molecule has 0 aliphatic rings. The van der Waals surface area contributed by atoms with Crippen LogP contribution in [0.3, 0.4) is 0 Å². The van der Waals surface area contributed by atoms with Crippen molar-refractivity contribution in [3.63, 3.8) is 0 Å². The SMILES string of the molecule is CC(C)C(NCCc1ncc[nH]1)c1cccs1. The average Bonchev–Trinajstić information content (AvgIpc) is 2.96. The van der Waals surface area contributed by atoms with E-state index in [4.69, 9.17) is 0 Å². The van der Waals surface area contributed by atoms with E-state index in [0.29, 0.717) is 12.0 Å². The van der Waals surface area contributed by atoms with E-state index >= 15 is 0 Å². The van der Waals surface area contributed by atoms with Crippen LogP contribution in [0.4, 0.5) is 0 Å². The summed E-state index contributed by atoms with van der Waals surface area (Å²) >= 11 is 1.82. The molecule has 0 amide bonds. The van der Waals surface area contributed by atoms with Crippen LogP contribution in [0, 0.1) is 5.92 Å². The first-order valence-corrected chi connectivity index (χ1v) is 6.90. The molecule has 4 heteroatoms. The number of thiophene rings is 1. The number of hydrogen-bond acceptors (Lipinski definition) is 3. The Morgan fingerprint density at radius 3 is 2.94 bits per heavy atom. The minimum Gasteiger partial charge on any atom is -0.349 e. The highest BCUT2D eigenvalue weighted by atomic mass is 32.1. The van der Waals surface area contributed by atoms with Crippen LogP contribution in [0.25, 0.3) is 0 Å². The summed E-state index contributed by atoms with van der Waals surface area (Å²) in [6.07, 6.45) is 4.62. The summed E-state index contributed by atoms with van der Waals surface area (Å²) in [7, 11) is 0. The molecule has 2 heterocycles. The minimum atomic E-state index is 0.449. The highest BCUT2D eigenvalue weighted by molar-refractivity contribution is 7.10. The molecule has 1 atom stereocenters. The monoisotopic (exact) mass is 249 g/mol. The van der Waals surface area contributed by atoms with Crippen LogP contribution in [0.5, 0.6) is 0 Å². The Morgan fingerprint density at radius 2 is 2.35 bits per heavy atom. The summed E-state index contributed by atoms with van der Waals surface area (Å²) in [5.41, 5.74) is 0. The van der Waals surface area contributed by atoms with Crippen molar-refractivity contribution in [1.29, 1.82) is 0 Å². The second kappa shape index (κ2) is 5.98. The van der Waals surface area contributed by atoms with Crippen molar-refractivity contribution in [2.24, 2.45) is 5.92 Å². The number of aromatic amines is 1. The second-order valence-corrected chi connectivity index (χ2v) is 5.46. The topological polar surface area (TPSA) is 40.7 Å². The van der Waals surface area contributed by atoms with Gasteiger partial charge in [0.15, 0.2) is 0 Å². The molecular formula is C13H19N3S. The molecule has 0 fully saturated rings. The summed E-state index contributed by atoms with van der Waals surface area (Å²) in [5, 5.41) is 5.75. The molecule has 0 aliphatic carbocycles. The fourth-order valence-corrected chi connectivity index (χ4v) is 2.89. The molecule has 2 aromatic rings. The van der Waals surface area contributed by atoms with Gasteiger partial charge < -0.3 is 10.3 Å². The zero-order chi connectivity index (χ0) is 12.1. The van der Waals surface area contributed by atoms with Crippen LogP contribution in [0.1, 0.15) is 30.6 Å².